The van der Waals surface area contributed by atoms with E-state index in [4.69, 9.17) is 4.42 Å². The first-order valence-corrected chi connectivity index (χ1v) is 8.43. The number of hydrogen-bond donors (Lipinski definition) is 2. The number of amides is 1. The minimum atomic E-state index is -0.271. The van der Waals surface area contributed by atoms with E-state index in [1.54, 1.807) is 24.5 Å². The molecule has 6 heteroatoms. The number of carbonyl (C=O) groups excluding carboxylic acids is 1. The number of hydrogen-bond acceptors (Lipinski definition) is 5. The molecule has 0 saturated heterocycles. The van der Waals surface area contributed by atoms with E-state index in [1.807, 2.05) is 20.8 Å². The summed E-state index contributed by atoms with van der Waals surface area (Å²) in [6.45, 7) is 8.29. The number of nitrogens with zero attached hydrogens (tertiary/aromatic N) is 2. The van der Waals surface area contributed by atoms with Crippen LogP contribution in [0.15, 0.2) is 41.0 Å². The van der Waals surface area contributed by atoms with Crippen molar-refractivity contribution in [2.45, 2.75) is 34.2 Å². The first kappa shape index (κ1) is 17.7. The van der Waals surface area contributed by atoms with E-state index in [-0.39, 0.29) is 5.91 Å². The second kappa shape index (κ2) is 7.39. The number of rotatable bonds is 5. The normalized spacial score (nSPS) is 10.6. The molecular formula is C20H22N4O2. The van der Waals surface area contributed by atoms with E-state index in [0.717, 1.165) is 16.8 Å². The van der Waals surface area contributed by atoms with E-state index in [1.165, 1.54) is 5.56 Å². The second-order valence-electron chi connectivity index (χ2n) is 6.38. The number of benzene rings is 1. The summed E-state index contributed by atoms with van der Waals surface area (Å²) in [5, 5.41) is 6.05. The van der Waals surface area contributed by atoms with Crippen molar-refractivity contribution in [3.8, 4) is 0 Å². The summed E-state index contributed by atoms with van der Waals surface area (Å²) in [7, 11) is 0. The molecule has 1 aromatic carbocycles. The number of anilines is 2. The Hall–Kier alpha value is -3.15. The van der Waals surface area contributed by atoms with E-state index >= 15 is 0 Å². The fourth-order valence-electron chi connectivity index (χ4n) is 2.90. The highest BCUT2D eigenvalue weighted by Gasteiger charge is 2.12. The molecule has 1 amide bonds. The van der Waals surface area contributed by atoms with E-state index in [2.05, 4.69) is 39.7 Å². The van der Waals surface area contributed by atoms with Gasteiger partial charge in [-0.2, -0.15) is 0 Å². The van der Waals surface area contributed by atoms with Gasteiger partial charge in [-0.3, -0.25) is 4.79 Å². The third-order valence-electron chi connectivity index (χ3n) is 4.00. The number of carbonyl (C=O) groups is 1. The maximum absolute atomic E-state index is 12.4. The molecule has 0 unspecified atom stereocenters. The van der Waals surface area contributed by atoms with Crippen LogP contribution < -0.4 is 10.6 Å². The lowest BCUT2D eigenvalue weighted by atomic mass is 10.1. The molecule has 0 aliphatic carbocycles. The number of nitrogens with one attached hydrogen (secondary N) is 2. The van der Waals surface area contributed by atoms with Crippen molar-refractivity contribution in [1.82, 2.24) is 15.3 Å². The van der Waals surface area contributed by atoms with Gasteiger partial charge < -0.3 is 15.1 Å². The quantitative estimate of drug-likeness (QED) is 0.727. The van der Waals surface area contributed by atoms with Crippen LogP contribution in [0.25, 0.3) is 0 Å². The molecule has 3 aromatic rings. The zero-order chi connectivity index (χ0) is 18.7. The molecule has 0 aliphatic heterocycles. The maximum Gasteiger partial charge on any atom is 0.270 e. The molecule has 0 spiro atoms. The van der Waals surface area contributed by atoms with E-state index in [0.29, 0.717) is 29.6 Å². The van der Waals surface area contributed by atoms with Crippen LogP contribution in [0.2, 0.25) is 0 Å². The topological polar surface area (TPSA) is 80.0 Å². The van der Waals surface area contributed by atoms with Crippen LogP contribution in [0.3, 0.4) is 0 Å². The SMILES string of the molecule is Cc1cc(C)c(Nc2nc(C)cc(C(=O)NCc3ccco3)n2)c(C)c1. The van der Waals surface area contributed by atoms with Crippen molar-refractivity contribution in [2.24, 2.45) is 0 Å². The molecule has 0 radical (unpaired) electrons. The lowest BCUT2D eigenvalue weighted by Crippen LogP contribution is -2.24. The van der Waals surface area contributed by atoms with Crippen LogP contribution >= 0.6 is 0 Å². The Morgan fingerprint density at radius 3 is 2.46 bits per heavy atom. The van der Waals surface area contributed by atoms with Gasteiger partial charge >= 0.3 is 0 Å². The Morgan fingerprint density at radius 1 is 1.08 bits per heavy atom. The molecule has 0 atom stereocenters. The molecule has 2 heterocycles. The fraction of sp³-hybridized carbons (Fsp3) is 0.250. The first-order chi connectivity index (χ1) is 12.4. The highest BCUT2D eigenvalue weighted by atomic mass is 16.3. The second-order valence-corrected chi connectivity index (χ2v) is 6.38. The molecule has 3 rings (SSSR count). The minimum absolute atomic E-state index is 0.271. The van der Waals surface area contributed by atoms with Gasteiger partial charge in [0, 0.05) is 11.4 Å². The van der Waals surface area contributed by atoms with E-state index in [9.17, 15) is 4.79 Å². The maximum atomic E-state index is 12.4. The van der Waals surface area contributed by atoms with Crippen LogP contribution in [0, 0.1) is 27.7 Å². The molecule has 0 aliphatic rings. The summed E-state index contributed by atoms with van der Waals surface area (Å²) in [6.07, 6.45) is 1.57. The Labute approximate surface area is 152 Å². The van der Waals surface area contributed by atoms with E-state index < -0.39 is 0 Å². The molecular weight excluding hydrogens is 328 g/mol. The van der Waals surface area contributed by atoms with Gasteiger partial charge in [0.2, 0.25) is 5.95 Å². The van der Waals surface area contributed by atoms with Gasteiger partial charge in [0.05, 0.1) is 12.8 Å². The van der Waals surface area contributed by atoms with Gasteiger partial charge in [0.1, 0.15) is 11.5 Å². The standard InChI is InChI=1S/C20H22N4O2/c1-12-8-13(2)18(14(3)9-12)24-20-22-15(4)10-17(23-20)19(25)21-11-16-6-5-7-26-16/h5-10H,11H2,1-4H3,(H,21,25)(H,22,23,24). The van der Waals surface area contributed by atoms with Crippen molar-refractivity contribution in [2.75, 3.05) is 5.32 Å². The Morgan fingerprint density at radius 2 is 1.81 bits per heavy atom. The van der Waals surface area contributed by atoms with Gasteiger partial charge in [0.25, 0.3) is 5.91 Å². The average molecular weight is 350 g/mol. The molecule has 6 nitrogen and oxygen atoms in total. The van der Waals surface area contributed by atoms with Gasteiger partial charge in [-0.1, -0.05) is 17.7 Å². The summed E-state index contributed by atoms with van der Waals surface area (Å²) in [5.74, 6) is 0.823. The Kier molecular flexibility index (Phi) is 5.02. The summed E-state index contributed by atoms with van der Waals surface area (Å²) >= 11 is 0. The first-order valence-electron chi connectivity index (χ1n) is 8.43. The summed E-state index contributed by atoms with van der Waals surface area (Å²) in [6, 6.07) is 9.45. The summed E-state index contributed by atoms with van der Waals surface area (Å²) in [4.78, 5) is 21.2. The van der Waals surface area contributed by atoms with Crippen LogP contribution in [-0.2, 0) is 6.54 Å². The minimum Gasteiger partial charge on any atom is -0.467 e. The largest absolute Gasteiger partial charge is 0.467 e. The average Bonchev–Trinajstić information content (AvgIpc) is 3.09. The third-order valence-corrected chi connectivity index (χ3v) is 4.00. The monoisotopic (exact) mass is 350 g/mol. The van der Waals surface area contributed by atoms with Crippen molar-refractivity contribution in [1.29, 1.82) is 0 Å². The highest BCUT2D eigenvalue weighted by Crippen LogP contribution is 2.24. The summed E-state index contributed by atoms with van der Waals surface area (Å²) < 4.78 is 5.22. The molecule has 134 valence electrons. The predicted octanol–water partition coefficient (Wildman–Crippen LogP) is 3.98. The number of aryl methyl sites for hydroxylation is 4. The molecule has 0 fully saturated rings. The van der Waals surface area contributed by atoms with Crippen LogP contribution in [0.5, 0.6) is 0 Å². The molecule has 0 bridgehead atoms. The van der Waals surface area contributed by atoms with Gasteiger partial charge in [-0.25, -0.2) is 9.97 Å². The number of furan rings is 1. The zero-order valence-electron chi connectivity index (χ0n) is 15.4. The molecule has 2 aromatic heterocycles. The van der Waals surface area contributed by atoms with Crippen molar-refractivity contribution in [3.05, 3.63) is 70.4 Å². The Bertz CT molecular complexity index is 910. The lowest BCUT2D eigenvalue weighted by molar-refractivity contribution is 0.0943. The predicted molar refractivity (Wildman–Crippen MR) is 101 cm³/mol. The third kappa shape index (κ3) is 4.08. The van der Waals surface area contributed by atoms with Crippen LogP contribution in [0.4, 0.5) is 11.6 Å². The molecule has 2 N–H and O–H groups in total. The van der Waals surface area contributed by atoms with Crippen molar-refractivity contribution in [3.63, 3.8) is 0 Å². The molecule has 26 heavy (non-hydrogen) atoms. The van der Waals surface area contributed by atoms with Gasteiger partial charge in [-0.15, -0.1) is 0 Å². The van der Waals surface area contributed by atoms with Crippen LogP contribution in [0.1, 0.15) is 38.6 Å². The zero-order valence-corrected chi connectivity index (χ0v) is 15.4. The lowest BCUT2D eigenvalue weighted by Gasteiger charge is -2.14. The van der Waals surface area contributed by atoms with Crippen molar-refractivity contribution < 1.29 is 9.21 Å². The highest BCUT2D eigenvalue weighted by molar-refractivity contribution is 5.92. The van der Waals surface area contributed by atoms with Gasteiger partial charge in [-0.05, 0) is 57.0 Å². The summed E-state index contributed by atoms with van der Waals surface area (Å²) in [5.41, 5.74) is 5.41. The van der Waals surface area contributed by atoms with Crippen LogP contribution in [-0.4, -0.2) is 15.9 Å². The smallest absolute Gasteiger partial charge is 0.270 e. The number of aromatic nitrogens is 2. The fourth-order valence-corrected chi connectivity index (χ4v) is 2.90. The Balaban J connectivity index is 1.80. The van der Waals surface area contributed by atoms with Crippen molar-refractivity contribution >= 4 is 17.5 Å². The molecule has 0 saturated carbocycles. The van der Waals surface area contributed by atoms with Gasteiger partial charge in [0.15, 0.2) is 0 Å².